The number of nitrogens with zero attached hydrogens (tertiary/aromatic N) is 1. The van der Waals surface area contributed by atoms with E-state index in [2.05, 4.69) is 15.9 Å². The van der Waals surface area contributed by atoms with Crippen LogP contribution < -0.4 is 0 Å². The Bertz CT molecular complexity index is 466. The monoisotopic (exact) mass is 351 g/mol. The molecule has 1 aromatic rings. The topological polar surface area (TPSA) is 20.3 Å². The molecule has 0 saturated heterocycles. The summed E-state index contributed by atoms with van der Waals surface area (Å²) in [6.45, 7) is 4.20. The van der Waals surface area contributed by atoms with Gasteiger partial charge in [0.05, 0.1) is 0 Å². The van der Waals surface area contributed by atoms with Gasteiger partial charge in [-0.1, -0.05) is 29.8 Å². The lowest BCUT2D eigenvalue weighted by atomic mass is 10.1. The molecule has 0 aliphatic carbocycles. The molecule has 0 aromatic heterocycles. The van der Waals surface area contributed by atoms with E-state index in [0.717, 1.165) is 10.5 Å². The molecule has 2 nitrogen and oxygen atoms in total. The van der Waals surface area contributed by atoms with Gasteiger partial charge >= 0.3 is 6.18 Å². The predicted molar refractivity (Wildman–Crippen MR) is 75.7 cm³/mol. The van der Waals surface area contributed by atoms with E-state index in [-0.39, 0.29) is 18.0 Å². The lowest BCUT2D eigenvalue weighted by molar-refractivity contribution is -0.141. The van der Waals surface area contributed by atoms with Crippen molar-refractivity contribution in [2.45, 2.75) is 26.9 Å². The average molecular weight is 352 g/mol. The normalized spacial score (nSPS) is 11.8. The molecule has 20 heavy (non-hydrogen) atoms. The lowest BCUT2D eigenvalue weighted by Gasteiger charge is -2.26. The molecule has 0 unspecified atom stereocenters. The van der Waals surface area contributed by atoms with Crippen molar-refractivity contribution in [2.24, 2.45) is 5.92 Å². The maximum absolute atomic E-state index is 12.6. The first-order valence-electron chi connectivity index (χ1n) is 6.21. The molecule has 1 aromatic carbocycles. The summed E-state index contributed by atoms with van der Waals surface area (Å²) < 4.78 is 38.4. The summed E-state index contributed by atoms with van der Waals surface area (Å²) in [5.41, 5.74) is 1.08. The maximum atomic E-state index is 12.6. The van der Waals surface area contributed by atoms with Gasteiger partial charge in [0.2, 0.25) is 0 Å². The van der Waals surface area contributed by atoms with Crippen LogP contribution >= 0.6 is 15.9 Å². The van der Waals surface area contributed by atoms with Crippen LogP contribution in [0, 0.1) is 12.8 Å². The molecule has 1 amide bonds. The smallest absolute Gasteiger partial charge is 0.329 e. The van der Waals surface area contributed by atoms with Crippen molar-refractivity contribution in [3.63, 3.8) is 0 Å². The molecule has 0 fully saturated rings. The minimum absolute atomic E-state index is 0.0328. The molecule has 0 radical (unpaired) electrons. The number of halogens is 4. The van der Waals surface area contributed by atoms with Gasteiger partial charge in [-0.2, -0.15) is 13.2 Å². The first kappa shape index (κ1) is 17.0. The van der Waals surface area contributed by atoms with Crippen molar-refractivity contribution in [3.8, 4) is 0 Å². The highest BCUT2D eigenvalue weighted by molar-refractivity contribution is 9.10. The molecule has 0 N–H and O–H groups in total. The summed E-state index contributed by atoms with van der Waals surface area (Å²) in [7, 11) is 0. The van der Waals surface area contributed by atoms with Crippen LogP contribution in [-0.4, -0.2) is 30.1 Å². The number of carbonyl (C=O) groups is 1. The van der Waals surface area contributed by atoms with Crippen molar-refractivity contribution in [1.82, 2.24) is 4.90 Å². The fraction of sp³-hybridized carbons (Fsp3) is 0.500. The Morgan fingerprint density at radius 2 is 1.90 bits per heavy atom. The molecule has 0 aliphatic rings. The Morgan fingerprint density at radius 3 is 2.35 bits per heavy atom. The van der Waals surface area contributed by atoms with Gasteiger partial charge < -0.3 is 4.90 Å². The fourth-order valence-corrected chi connectivity index (χ4v) is 2.53. The van der Waals surface area contributed by atoms with E-state index in [4.69, 9.17) is 0 Å². The van der Waals surface area contributed by atoms with Crippen LogP contribution in [0.25, 0.3) is 0 Å². The number of aryl methyl sites for hydroxylation is 1. The van der Waals surface area contributed by atoms with Crippen molar-refractivity contribution >= 4 is 21.8 Å². The van der Waals surface area contributed by atoms with E-state index in [1.165, 1.54) is 0 Å². The second-order valence-electron chi connectivity index (χ2n) is 5.21. The summed E-state index contributed by atoms with van der Waals surface area (Å²) >= 11 is 3.25. The number of hydrogen-bond acceptors (Lipinski definition) is 1. The second kappa shape index (κ2) is 6.61. The molecule has 6 heteroatoms. The molecule has 112 valence electrons. The van der Waals surface area contributed by atoms with Gasteiger partial charge in [-0.05, 0) is 36.6 Å². The third kappa shape index (κ3) is 5.53. The molecule has 0 spiro atoms. The molecule has 0 aliphatic heterocycles. The number of alkyl halides is 3. The fourth-order valence-electron chi connectivity index (χ4n) is 1.92. The molecule has 0 bridgehead atoms. The van der Waals surface area contributed by atoms with Crippen LogP contribution in [0.3, 0.4) is 0 Å². The zero-order valence-electron chi connectivity index (χ0n) is 11.6. The first-order valence-corrected chi connectivity index (χ1v) is 7.01. The van der Waals surface area contributed by atoms with Crippen LogP contribution in [0.4, 0.5) is 13.2 Å². The van der Waals surface area contributed by atoms with Gasteiger partial charge in [-0.3, -0.25) is 4.79 Å². The van der Waals surface area contributed by atoms with Crippen LogP contribution in [0.5, 0.6) is 0 Å². The summed E-state index contributed by atoms with van der Waals surface area (Å²) in [6, 6.07) is 4.93. The van der Waals surface area contributed by atoms with E-state index in [9.17, 15) is 18.0 Å². The zero-order valence-corrected chi connectivity index (χ0v) is 13.2. The van der Waals surface area contributed by atoms with Crippen LogP contribution in [0.15, 0.2) is 22.7 Å². The van der Waals surface area contributed by atoms with Crippen LogP contribution in [-0.2, 0) is 0 Å². The maximum Gasteiger partial charge on any atom is 0.406 e. The molecule has 0 saturated carbocycles. The Labute approximate surface area is 125 Å². The van der Waals surface area contributed by atoms with E-state index in [1.807, 2.05) is 0 Å². The number of hydrogen-bond donors (Lipinski definition) is 0. The Hall–Kier alpha value is -1.04. The van der Waals surface area contributed by atoms with E-state index in [0.29, 0.717) is 4.47 Å². The minimum Gasteiger partial charge on any atom is -0.329 e. The minimum atomic E-state index is -4.40. The highest BCUT2D eigenvalue weighted by atomic mass is 79.9. The molecule has 0 atom stereocenters. The first-order chi connectivity index (χ1) is 9.08. The third-order valence-corrected chi connectivity index (χ3v) is 2.99. The van der Waals surface area contributed by atoms with Crippen molar-refractivity contribution in [2.75, 3.05) is 13.1 Å². The van der Waals surface area contributed by atoms with Crippen molar-refractivity contribution in [3.05, 3.63) is 33.8 Å². The summed E-state index contributed by atoms with van der Waals surface area (Å²) in [5, 5.41) is 0. The predicted octanol–water partition coefficient (Wildman–Crippen LogP) is 4.42. The van der Waals surface area contributed by atoms with Crippen molar-refractivity contribution in [1.29, 1.82) is 0 Å². The van der Waals surface area contributed by atoms with E-state index >= 15 is 0 Å². The van der Waals surface area contributed by atoms with Gasteiger partial charge in [0, 0.05) is 16.6 Å². The summed E-state index contributed by atoms with van der Waals surface area (Å²) in [5.74, 6) is -0.630. The Balaban J connectivity index is 3.03. The SMILES string of the molecule is Cc1cc(Br)cc(C(=O)N(CC(C)C)CC(F)(F)F)c1. The summed E-state index contributed by atoms with van der Waals surface area (Å²) in [4.78, 5) is 13.1. The van der Waals surface area contributed by atoms with E-state index < -0.39 is 18.6 Å². The number of rotatable bonds is 4. The van der Waals surface area contributed by atoms with Gasteiger partial charge in [-0.15, -0.1) is 0 Å². The summed E-state index contributed by atoms with van der Waals surface area (Å²) in [6.07, 6.45) is -4.40. The average Bonchev–Trinajstić information content (AvgIpc) is 2.23. The number of benzene rings is 1. The highest BCUT2D eigenvalue weighted by Crippen LogP contribution is 2.21. The molecular weight excluding hydrogens is 335 g/mol. The van der Waals surface area contributed by atoms with Gasteiger partial charge in [-0.25, -0.2) is 0 Å². The molecular formula is C14H17BrF3NO. The Kier molecular flexibility index (Phi) is 5.62. The van der Waals surface area contributed by atoms with E-state index in [1.54, 1.807) is 39.0 Å². The number of carbonyl (C=O) groups excluding carboxylic acids is 1. The van der Waals surface area contributed by atoms with Gasteiger partial charge in [0.15, 0.2) is 0 Å². The molecule has 0 heterocycles. The zero-order chi connectivity index (χ0) is 15.5. The lowest BCUT2D eigenvalue weighted by Crippen LogP contribution is -2.41. The van der Waals surface area contributed by atoms with Crippen LogP contribution in [0.1, 0.15) is 29.8 Å². The van der Waals surface area contributed by atoms with Gasteiger partial charge in [0.1, 0.15) is 6.54 Å². The molecule has 1 rings (SSSR count). The second-order valence-corrected chi connectivity index (χ2v) is 6.13. The van der Waals surface area contributed by atoms with Gasteiger partial charge in [0.25, 0.3) is 5.91 Å². The Morgan fingerprint density at radius 1 is 1.30 bits per heavy atom. The highest BCUT2D eigenvalue weighted by Gasteiger charge is 2.33. The van der Waals surface area contributed by atoms with Crippen LogP contribution in [0.2, 0.25) is 0 Å². The van der Waals surface area contributed by atoms with Crippen molar-refractivity contribution < 1.29 is 18.0 Å². The third-order valence-electron chi connectivity index (χ3n) is 2.53. The quantitative estimate of drug-likeness (QED) is 0.786. The standard InChI is InChI=1S/C14H17BrF3NO/c1-9(2)7-19(8-14(16,17)18)13(20)11-4-10(3)5-12(15)6-11/h4-6,9H,7-8H2,1-3H3. The largest absolute Gasteiger partial charge is 0.406 e. The number of amides is 1.